The second kappa shape index (κ2) is 8.04. The molecular formula is C14H24N2O4. The van der Waals surface area contributed by atoms with Crippen LogP contribution in [0.15, 0.2) is 17.1 Å². The third-order valence-electron chi connectivity index (χ3n) is 3.43. The number of aromatic hydroxyl groups is 1. The summed E-state index contributed by atoms with van der Waals surface area (Å²) in [4.78, 5) is 13.5. The average molecular weight is 284 g/mol. The Kier molecular flexibility index (Phi) is 6.70. The summed E-state index contributed by atoms with van der Waals surface area (Å²) in [5, 5.41) is 27.6. The van der Waals surface area contributed by atoms with Gasteiger partial charge in [0.15, 0.2) is 5.75 Å². The fourth-order valence-electron chi connectivity index (χ4n) is 2.09. The van der Waals surface area contributed by atoms with Crippen LogP contribution in [-0.4, -0.2) is 51.1 Å². The minimum atomic E-state index is -0.410. The lowest BCUT2D eigenvalue weighted by Gasteiger charge is -2.25. The van der Waals surface area contributed by atoms with Crippen LogP contribution in [-0.2, 0) is 6.54 Å². The maximum absolute atomic E-state index is 11.6. The molecule has 1 aromatic rings. The van der Waals surface area contributed by atoms with Crippen LogP contribution < -0.4 is 5.43 Å². The van der Waals surface area contributed by atoms with Crippen molar-refractivity contribution in [2.24, 2.45) is 0 Å². The lowest BCUT2D eigenvalue weighted by molar-refractivity contribution is 0.152. The molecule has 0 amide bonds. The maximum atomic E-state index is 11.6. The van der Waals surface area contributed by atoms with Crippen LogP contribution in [0.3, 0.4) is 0 Å². The summed E-state index contributed by atoms with van der Waals surface area (Å²) < 4.78 is 1.87. The van der Waals surface area contributed by atoms with Gasteiger partial charge in [-0.05, 0) is 13.3 Å². The quantitative estimate of drug-likeness (QED) is 0.640. The van der Waals surface area contributed by atoms with Crippen molar-refractivity contribution in [2.75, 3.05) is 26.3 Å². The van der Waals surface area contributed by atoms with Crippen molar-refractivity contribution in [3.63, 3.8) is 0 Å². The molecule has 6 nitrogen and oxygen atoms in total. The molecule has 0 aliphatic heterocycles. The van der Waals surface area contributed by atoms with Crippen LogP contribution in [0.4, 0.5) is 0 Å². The van der Waals surface area contributed by atoms with Crippen molar-refractivity contribution in [2.45, 2.75) is 32.9 Å². The van der Waals surface area contributed by atoms with E-state index in [1.165, 1.54) is 12.3 Å². The zero-order valence-electron chi connectivity index (χ0n) is 12.1. The Morgan fingerprint density at radius 2 is 1.90 bits per heavy atom. The van der Waals surface area contributed by atoms with Crippen molar-refractivity contribution in [1.82, 2.24) is 9.47 Å². The second-order valence-corrected chi connectivity index (χ2v) is 4.90. The van der Waals surface area contributed by atoms with E-state index in [2.05, 4.69) is 0 Å². The summed E-state index contributed by atoms with van der Waals surface area (Å²) >= 11 is 0. The van der Waals surface area contributed by atoms with Gasteiger partial charge in [0.25, 0.3) is 0 Å². The van der Waals surface area contributed by atoms with E-state index in [1.54, 1.807) is 0 Å². The molecule has 114 valence electrons. The van der Waals surface area contributed by atoms with E-state index in [1.807, 2.05) is 23.3 Å². The number of nitrogens with zero attached hydrogens (tertiary/aromatic N) is 2. The summed E-state index contributed by atoms with van der Waals surface area (Å²) in [6, 6.07) is 1.57. The Bertz CT molecular complexity index is 467. The summed E-state index contributed by atoms with van der Waals surface area (Å²) in [7, 11) is 0. The van der Waals surface area contributed by atoms with E-state index in [0.29, 0.717) is 19.6 Å². The van der Waals surface area contributed by atoms with Crippen molar-refractivity contribution in [1.29, 1.82) is 0 Å². The SMILES string of the molecule is CCC(C)n1cc(O)c(=O)cc1CN(CCO)CCO. The Morgan fingerprint density at radius 3 is 2.40 bits per heavy atom. The van der Waals surface area contributed by atoms with Crippen molar-refractivity contribution in [3.05, 3.63) is 28.2 Å². The maximum Gasteiger partial charge on any atom is 0.223 e. The molecule has 0 saturated carbocycles. The van der Waals surface area contributed by atoms with Crippen molar-refractivity contribution >= 4 is 0 Å². The molecule has 1 heterocycles. The molecule has 1 aromatic heterocycles. The molecule has 0 saturated heterocycles. The topological polar surface area (TPSA) is 85.9 Å². The molecule has 0 aliphatic rings. The number of hydrogen-bond acceptors (Lipinski definition) is 5. The molecule has 1 unspecified atom stereocenters. The number of aliphatic hydroxyl groups excluding tert-OH is 2. The van der Waals surface area contributed by atoms with E-state index in [0.717, 1.165) is 12.1 Å². The van der Waals surface area contributed by atoms with Gasteiger partial charge in [-0.1, -0.05) is 6.92 Å². The zero-order valence-corrected chi connectivity index (χ0v) is 12.1. The van der Waals surface area contributed by atoms with Crippen molar-refractivity contribution in [3.8, 4) is 5.75 Å². The highest BCUT2D eigenvalue weighted by Crippen LogP contribution is 2.17. The first-order valence-electron chi connectivity index (χ1n) is 6.91. The Labute approximate surface area is 118 Å². The van der Waals surface area contributed by atoms with Gasteiger partial charge < -0.3 is 19.9 Å². The molecule has 0 spiro atoms. The van der Waals surface area contributed by atoms with E-state index in [9.17, 15) is 9.90 Å². The molecule has 20 heavy (non-hydrogen) atoms. The highest BCUT2D eigenvalue weighted by atomic mass is 16.3. The highest BCUT2D eigenvalue weighted by Gasteiger charge is 2.13. The van der Waals surface area contributed by atoms with Gasteiger partial charge in [-0.15, -0.1) is 0 Å². The normalized spacial score (nSPS) is 12.8. The van der Waals surface area contributed by atoms with Crippen LogP contribution >= 0.6 is 0 Å². The van der Waals surface area contributed by atoms with Crippen molar-refractivity contribution < 1.29 is 15.3 Å². The molecule has 0 bridgehead atoms. The second-order valence-electron chi connectivity index (χ2n) is 4.90. The lowest BCUT2D eigenvalue weighted by Crippen LogP contribution is -2.31. The molecule has 1 atom stereocenters. The van der Waals surface area contributed by atoms with E-state index >= 15 is 0 Å². The van der Waals surface area contributed by atoms with Gasteiger partial charge in [0, 0.05) is 37.4 Å². The Hall–Kier alpha value is -1.37. The standard InChI is InChI=1S/C14H24N2O4/c1-3-11(2)16-10-14(20)13(19)8-12(16)9-15(4-6-17)5-7-18/h8,10-11,17-18,20H,3-7,9H2,1-2H3. The molecule has 0 aromatic carbocycles. The molecule has 6 heteroatoms. The molecular weight excluding hydrogens is 260 g/mol. The van der Waals surface area contributed by atoms with Gasteiger partial charge in [-0.25, -0.2) is 0 Å². The minimum absolute atomic E-state index is 0.00829. The fourth-order valence-corrected chi connectivity index (χ4v) is 2.09. The molecule has 0 aliphatic carbocycles. The van der Waals surface area contributed by atoms with Gasteiger partial charge >= 0.3 is 0 Å². The Morgan fingerprint density at radius 1 is 1.30 bits per heavy atom. The number of rotatable bonds is 8. The van der Waals surface area contributed by atoms with Crippen LogP contribution in [0.25, 0.3) is 0 Å². The smallest absolute Gasteiger partial charge is 0.223 e. The van der Waals surface area contributed by atoms with Crippen LogP contribution in [0.2, 0.25) is 0 Å². The molecule has 3 N–H and O–H groups in total. The average Bonchev–Trinajstić information content (AvgIpc) is 2.42. The number of hydrogen-bond donors (Lipinski definition) is 3. The van der Waals surface area contributed by atoms with Crippen LogP contribution in [0.1, 0.15) is 32.0 Å². The van der Waals surface area contributed by atoms with Crippen LogP contribution in [0, 0.1) is 0 Å². The Balaban J connectivity index is 3.07. The van der Waals surface area contributed by atoms with Gasteiger partial charge in [0.1, 0.15) is 0 Å². The molecule has 0 fully saturated rings. The largest absolute Gasteiger partial charge is 0.503 e. The number of pyridine rings is 1. The number of aromatic nitrogens is 1. The first-order chi connectivity index (χ1) is 9.53. The monoisotopic (exact) mass is 284 g/mol. The summed E-state index contributed by atoms with van der Waals surface area (Å²) in [5.41, 5.74) is 0.358. The predicted molar refractivity (Wildman–Crippen MR) is 76.8 cm³/mol. The summed E-state index contributed by atoms with van der Waals surface area (Å²) in [5.74, 6) is -0.259. The third kappa shape index (κ3) is 4.33. The van der Waals surface area contributed by atoms with Crippen LogP contribution in [0.5, 0.6) is 5.75 Å². The fraction of sp³-hybridized carbons (Fsp3) is 0.643. The number of aliphatic hydroxyl groups is 2. The first kappa shape index (κ1) is 16.7. The highest BCUT2D eigenvalue weighted by molar-refractivity contribution is 5.21. The van der Waals surface area contributed by atoms with E-state index in [4.69, 9.17) is 10.2 Å². The summed E-state index contributed by atoms with van der Waals surface area (Å²) in [6.45, 7) is 5.32. The van der Waals surface area contributed by atoms with E-state index < -0.39 is 5.43 Å². The minimum Gasteiger partial charge on any atom is -0.503 e. The zero-order chi connectivity index (χ0) is 15.1. The van der Waals surface area contributed by atoms with E-state index in [-0.39, 0.29) is 25.0 Å². The van der Waals surface area contributed by atoms with Gasteiger partial charge in [-0.2, -0.15) is 0 Å². The summed E-state index contributed by atoms with van der Waals surface area (Å²) in [6.07, 6.45) is 2.33. The molecule has 1 rings (SSSR count). The first-order valence-corrected chi connectivity index (χ1v) is 6.91. The third-order valence-corrected chi connectivity index (χ3v) is 3.43. The lowest BCUT2D eigenvalue weighted by atomic mass is 10.2. The van der Waals surface area contributed by atoms with Gasteiger partial charge in [0.2, 0.25) is 5.43 Å². The van der Waals surface area contributed by atoms with Gasteiger partial charge in [-0.3, -0.25) is 9.69 Å². The molecule has 0 radical (unpaired) electrons. The van der Waals surface area contributed by atoms with Gasteiger partial charge in [0.05, 0.1) is 19.4 Å². The predicted octanol–water partition coefficient (Wildman–Crippen LogP) is 0.311.